The molecule has 1 spiro atoms. The fraction of sp³-hybridized carbons (Fsp3) is 0.267. The van der Waals surface area contributed by atoms with Gasteiger partial charge in [0.05, 0.1) is 5.56 Å². The van der Waals surface area contributed by atoms with Gasteiger partial charge in [0, 0.05) is 29.7 Å². The number of amides is 2. The topological polar surface area (TPSA) is 71.0 Å². The fourth-order valence-electron chi connectivity index (χ4n) is 2.96. The third-order valence-electron chi connectivity index (χ3n) is 4.03. The zero-order chi connectivity index (χ0) is 17.1. The molecule has 4 rings (SSSR count). The van der Waals surface area contributed by atoms with E-state index in [-0.39, 0.29) is 11.5 Å². The number of thioether (sulfide) groups is 1. The maximum atomic E-state index is 14.0. The minimum atomic E-state index is -1.75. The Labute approximate surface area is 139 Å². The zero-order valence-electron chi connectivity index (χ0n) is 12.4. The van der Waals surface area contributed by atoms with E-state index < -0.39 is 29.2 Å². The maximum absolute atomic E-state index is 14.0. The van der Waals surface area contributed by atoms with Crippen molar-refractivity contribution >= 4 is 29.5 Å². The minimum Gasteiger partial charge on any atom is -0.433 e. The lowest BCUT2D eigenvalue weighted by Gasteiger charge is -2.29. The second-order valence-electron chi connectivity index (χ2n) is 5.51. The SMILES string of the molecule is CC(=O)N1N=C(c2cc(F)ccc2F)OC12C(=O)NC1=C2CSC1. The van der Waals surface area contributed by atoms with Crippen LogP contribution in [0.25, 0.3) is 0 Å². The molecule has 0 bridgehead atoms. The summed E-state index contributed by atoms with van der Waals surface area (Å²) < 4.78 is 33.2. The number of nitrogens with zero attached hydrogens (tertiary/aromatic N) is 2. The maximum Gasteiger partial charge on any atom is 0.310 e. The molecule has 1 aromatic carbocycles. The number of ether oxygens (including phenoxy) is 1. The Morgan fingerprint density at radius 1 is 1.42 bits per heavy atom. The predicted molar refractivity (Wildman–Crippen MR) is 81.7 cm³/mol. The van der Waals surface area contributed by atoms with Crippen LogP contribution in [0.2, 0.25) is 0 Å². The molecular formula is C15H11F2N3O3S. The quantitative estimate of drug-likeness (QED) is 0.829. The van der Waals surface area contributed by atoms with Gasteiger partial charge >= 0.3 is 5.72 Å². The second-order valence-corrected chi connectivity index (χ2v) is 6.50. The molecule has 1 aromatic rings. The number of hydrazone groups is 1. The lowest BCUT2D eigenvalue weighted by molar-refractivity contribution is -0.155. The molecule has 0 saturated carbocycles. The smallest absolute Gasteiger partial charge is 0.310 e. The molecule has 0 aliphatic carbocycles. The normalized spacial score (nSPS) is 25.0. The summed E-state index contributed by atoms with van der Waals surface area (Å²) in [6, 6.07) is 2.81. The summed E-state index contributed by atoms with van der Waals surface area (Å²) in [5, 5.41) is 7.56. The van der Waals surface area contributed by atoms with E-state index in [1.165, 1.54) is 6.92 Å². The van der Waals surface area contributed by atoms with Crippen LogP contribution in [0.5, 0.6) is 0 Å². The first-order valence-corrected chi connectivity index (χ1v) is 8.24. The second kappa shape index (κ2) is 5.04. The van der Waals surface area contributed by atoms with Gasteiger partial charge in [-0.05, 0) is 18.2 Å². The molecule has 9 heteroatoms. The molecule has 1 atom stereocenters. The fourth-order valence-corrected chi connectivity index (χ4v) is 4.09. The van der Waals surface area contributed by atoms with Crippen LogP contribution in [-0.2, 0) is 14.3 Å². The molecule has 0 aromatic heterocycles. The van der Waals surface area contributed by atoms with Crippen molar-refractivity contribution in [2.45, 2.75) is 12.6 Å². The van der Waals surface area contributed by atoms with Crippen LogP contribution in [0.15, 0.2) is 34.6 Å². The number of nitrogens with one attached hydrogen (secondary N) is 1. The Hall–Kier alpha value is -2.42. The summed E-state index contributed by atoms with van der Waals surface area (Å²) in [6.45, 7) is 1.23. The van der Waals surface area contributed by atoms with Gasteiger partial charge in [0.25, 0.3) is 5.91 Å². The monoisotopic (exact) mass is 351 g/mol. The summed E-state index contributed by atoms with van der Waals surface area (Å²) in [5.41, 5.74) is -0.736. The first-order chi connectivity index (χ1) is 11.4. The van der Waals surface area contributed by atoms with E-state index in [4.69, 9.17) is 4.74 Å². The van der Waals surface area contributed by atoms with Gasteiger partial charge in [-0.25, -0.2) is 8.78 Å². The third kappa shape index (κ3) is 1.90. The van der Waals surface area contributed by atoms with Gasteiger partial charge < -0.3 is 10.1 Å². The summed E-state index contributed by atoms with van der Waals surface area (Å²) in [5.74, 6) is -1.78. The molecule has 0 fully saturated rings. The van der Waals surface area contributed by atoms with E-state index in [2.05, 4.69) is 10.4 Å². The Balaban J connectivity index is 1.84. The molecule has 24 heavy (non-hydrogen) atoms. The van der Waals surface area contributed by atoms with Gasteiger partial charge in [-0.2, -0.15) is 16.8 Å². The van der Waals surface area contributed by atoms with Crippen molar-refractivity contribution in [1.29, 1.82) is 0 Å². The number of halogens is 2. The molecule has 3 heterocycles. The van der Waals surface area contributed by atoms with Crippen LogP contribution in [0.4, 0.5) is 8.78 Å². The number of fused-ring (bicyclic) bond motifs is 1. The van der Waals surface area contributed by atoms with Crippen molar-refractivity contribution in [1.82, 2.24) is 10.3 Å². The Bertz CT molecular complexity index is 854. The van der Waals surface area contributed by atoms with E-state index in [9.17, 15) is 18.4 Å². The van der Waals surface area contributed by atoms with Crippen molar-refractivity contribution < 1.29 is 23.1 Å². The molecule has 1 unspecified atom stereocenters. The number of benzene rings is 1. The number of hydrogen-bond acceptors (Lipinski definition) is 5. The van der Waals surface area contributed by atoms with Crippen LogP contribution >= 0.6 is 11.8 Å². The predicted octanol–water partition coefficient (Wildman–Crippen LogP) is 1.33. The first-order valence-electron chi connectivity index (χ1n) is 7.09. The summed E-state index contributed by atoms with van der Waals surface area (Å²) >= 11 is 1.55. The molecule has 0 saturated heterocycles. The number of carbonyl (C=O) groups is 2. The third-order valence-corrected chi connectivity index (χ3v) is 5.01. The van der Waals surface area contributed by atoms with Gasteiger partial charge in [0.15, 0.2) is 0 Å². The average Bonchev–Trinajstić information content (AvgIpc) is 3.19. The van der Waals surface area contributed by atoms with Crippen LogP contribution < -0.4 is 5.32 Å². The lowest BCUT2D eigenvalue weighted by atomic mass is 10.0. The van der Waals surface area contributed by atoms with Crippen molar-refractivity contribution in [2.75, 3.05) is 11.5 Å². The highest BCUT2D eigenvalue weighted by Gasteiger charge is 2.62. The van der Waals surface area contributed by atoms with Crippen LogP contribution in [0.3, 0.4) is 0 Å². The molecule has 6 nitrogen and oxygen atoms in total. The standard InChI is InChI=1S/C15H11F2N3O3S/c1-7(21)20-15(10-5-24-6-12(10)18-14(15)22)23-13(19-20)9-4-8(16)2-3-11(9)17/h2-4H,5-6H2,1H3,(H,18,22). The molecule has 3 aliphatic heterocycles. The zero-order valence-corrected chi connectivity index (χ0v) is 13.2. The molecule has 124 valence electrons. The van der Waals surface area contributed by atoms with Gasteiger partial charge in [0.1, 0.15) is 11.6 Å². The molecular weight excluding hydrogens is 340 g/mol. The van der Waals surface area contributed by atoms with Gasteiger partial charge in [-0.3, -0.25) is 9.59 Å². The lowest BCUT2D eigenvalue weighted by Crippen LogP contribution is -2.55. The van der Waals surface area contributed by atoms with Crippen molar-refractivity contribution in [3.05, 3.63) is 46.7 Å². The van der Waals surface area contributed by atoms with E-state index in [0.717, 1.165) is 23.2 Å². The average molecular weight is 351 g/mol. The number of rotatable bonds is 1. The highest BCUT2D eigenvalue weighted by molar-refractivity contribution is 7.99. The van der Waals surface area contributed by atoms with Crippen LogP contribution in [-0.4, -0.2) is 40.0 Å². The summed E-state index contributed by atoms with van der Waals surface area (Å²) in [6.07, 6.45) is 0. The van der Waals surface area contributed by atoms with Crippen LogP contribution in [0.1, 0.15) is 12.5 Å². The minimum absolute atomic E-state index is 0.245. The summed E-state index contributed by atoms with van der Waals surface area (Å²) in [7, 11) is 0. The molecule has 3 aliphatic rings. The molecule has 2 amide bonds. The van der Waals surface area contributed by atoms with Gasteiger partial charge in [-0.15, -0.1) is 5.10 Å². The molecule has 0 radical (unpaired) electrons. The van der Waals surface area contributed by atoms with Crippen molar-refractivity contribution in [3.8, 4) is 0 Å². The largest absolute Gasteiger partial charge is 0.433 e. The highest BCUT2D eigenvalue weighted by atomic mass is 32.2. The van der Waals surface area contributed by atoms with Gasteiger partial charge in [0.2, 0.25) is 11.8 Å². The van der Waals surface area contributed by atoms with E-state index in [0.29, 0.717) is 22.8 Å². The Morgan fingerprint density at radius 3 is 2.96 bits per heavy atom. The first kappa shape index (κ1) is 15.1. The van der Waals surface area contributed by atoms with Crippen molar-refractivity contribution in [2.24, 2.45) is 5.10 Å². The van der Waals surface area contributed by atoms with Crippen molar-refractivity contribution in [3.63, 3.8) is 0 Å². The summed E-state index contributed by atoms with van der Waals surface area (Å²) in [4.78, 5) is 24.6. The van der Waals surface area contributed by atoms with Crippen LogP contribution in [0, 0.1) is 11.6 Å². The van der Waals surface area contributed by atoms with E-state index in [1.807, 2.05) is 0 Å². The highest BCUT2D eigenvalue weighted by Crippen LogP contribution is 2.44. The number of hydrogen-bond donors (Lipinski definition) is 1. The van der Waals surface area contributed by atoms with Gasteiger partial charge in [-0.1, -0.05) is 0 Å². The Kier molecular flexibility index (Phi) is 3.17. The van der Waals surface area contributed by atoms with E-state index >= 15 is 0 Å². The number of carbonyl (C=O) groups excluding carboxylic acids is 2. The van der Waals surface area contributed by atoms with E-state index in [1.54, 1.807) is 11.8 Å². The Morgan fingerprint density at radius 2 is 2.21 bits per heavy atom. The molecule has 1 N–H and O–H groups in total.